The molecule has 3 nitrogen and oxygen atoms in total. The summed E-state index contributed by atoms with van der Waals surface area (Å²) in [5, 5.41) is 2.89. The topological polar surface area (TPSA) is 55.1 Å². The van der Waals surface area contributed by atoms with E-state index in [4.69, 9.17) is 5.73 Å². The van der Waals surface area contributed by atoms with Gasteiger partial charge in [0.2, 0.25) is 0 Å². The number of rotatable bonds is 4. The van der Waals surface area contributed by atoms with Crippen molar-refractivity contribution in [3.8, 4) is 0 Å². The number of nitrogens with one attached hydrogen (secondary N) is 1. The third-order valence-corrected chi connectivity index (χ3v) is 3.29. The molecule has 1 aromatic rings. The van der Waals surface area contributed by atoms with Gasteiger partial charge in [-0.25, -0.2) is 0 Å². The average molecular weight is 285 g/mol. The molecule has 3 N–H and O–H groups in total. The van der Waals surface area contributed by atoms with Crippen LogP contribution < -0.4 is 11.1 Å². The quantitative estimate of drug-likeness (QED) is 0.836. The molecule has 0 spiro atoms. The van der Waals surface area contributed by atoms with E-state index < -0.39 is 0 Å². The van der Waals surface area contributed by atoms with Crippen LogP contribution in [-0.4, -0.2) is 12.5 Å². The van der Waals surface area contributed by atoms with Crippen LogP contribution in [0.1, 0.15) is 30.6 Å². The van der Waals surface area contributed by atoms with E-state index in [-0.39, 0.29) is 5.91 Å². The highest BCUT2D eigenvalue weighted by Crippen LogP contribution is 2.20. The first-order valence-electron chi connectivity index (χ1n) is 5.37. The smallest absolute Gasteiger partial charge is 0.251 e. The van der Waals surface area contributed by atoms with Crippen LogP contribution in [0.15, 0.2) is 22.7 Å². The molecule has 0 saturated heterocycles. The second-order valence-corrected chi connectivity index (χ2v) is 4.81. The number of hydrogen-bond donors (Lipinski definition) is 2. The van der Waals surface area contributed by atoms with Crippen molar-refractivity contribution < 1.29 is 4.79 Å². The lowest BCUT2D eigenvalue weighted by Crippen LogP contribution is -2.28. The number of halogens is 1. The summed E-state index contributed by atoms with van der Waals surface area (Å²) in [6.07, 6.45) is 1.06. The van der Waals surface area contributed by atoms with Crippen molar-refractivity contribution in [2.24, 2.45) is 5.92 Å². The normalized spacial score (nSPS) is 12.2. The fourth-order valence-electron chi connectivity index (χ4n) is 1.20. The van der Waals surface area contributed by atoms with Gasteiger partial charge in [0.1, 0.15) is 0 Å². The lowest BCUT2D eigenvalue weighted by molar-refractivity contribution is 0.0948. The second kappa shape index (κ2) is 5.89. The fraction of sp³-hybridized carbons (Fsp3) is 0.417. The van der Waals surface area contributed by atoms with E-state index >= 15 is 0 Å². The molecular weight excluding hydrogens is 268 g/mol. The molecule has 0 fully saturated rings. The summed E-state index contributed by atoms with van der Waals surface area (Å²) < 4.78 is 0.811. The van der Waals surface area contributed by atoms with Crippen molar-refractivity contribution in [1.82, 2.24) is 5.32 Å². The fourth-order valence-corrected chi connectivity index (χ4v) is 1.44. The predicted octanol–water partition coefficient (Wildman–Crippen LogP) is 2.81. The number of nitrogen functional groups attached to an aromatic ring is 1. The summed E-state index contributed by atoms with van der Waals surface area (Å²) >= 11 is 3.30. The van der Waals surface area contributed by atoms with Crippen LogP contribution in [0.5, 0.6) is 0 Å². The largest absolute Gasteiger partial charge is 0.398 e. The second-order valence-electron chi connectivity index (χ2n) is 3.96. The molecular formula is C12H17BrN2O. The molecule has 0 aromatic heterocycles. The molecule has 0 radical (unpaired) electrons. The van der Waals surface area contributed by atoms with Crippen LogP contribution in [0.3, 0.4) is 0 Å². The first-order chi connectivity index (χ1) is 7.54. The summed E-state index contributed by atoms with van der Waals surface area (Å²) in [5.41, 5.74) is 6.89. The zero-order valence-electron chi connectivity index (χ0n) is 9.59. The standard InChI is InChI=1S/C12H17BrN2O/c1-3-8(2)7-15-12(16)9-4-5-10(13)11(14)6-9/h4-6,8H,3,7,14H2,1-2H3,(H,15,16). The van der Waals surface area contributed by atoms with Crippen molar-refractivity contribution in [2.75, 3.05) is 12.3 Å². The zero-order valence-corrected chi connectivity index (χ0v) is 11.2. The highest BCUT2D eigenvalue weighted by atomic mass is 79.9. The molecule has 1 rings (SSSR count). The predicted molar refractivity (Wildman–Crippen MR) is 70.3 cm³/mol. The maximum atomic E-state index is 11.7. The van der Waals surface area contributed by atoms with Crippen molar-refractivity contribution >= 4 is 27.5 Å². The Morgan fingerprint density at radius 1 is 1.56 bits per heavy atom. The van der Waals surface area contributed by atoms with Crippen LogP contribution in [0, 0.1) is 5.92 Å². The average Bonchev–Trinajstić information content (AvgIpc) is 2.29. The molecule has 0 heterocycles. The van der Waals surface area contributed by atoms with Gasteiger partial charge in [0.15, 0.2) is 0 Å². The number of benzene rings is 1. The van der Waals surface area contributed by atoms with Gasteiger partial charge in [-0.05, 0) is 40.0 Å². The van der Waals surface area contributed by atoms with Gasteiger partial charge in [-0.3, -0.25) is 4.79 Å². The summed E-state index contributed by atoms with van der Waals surface area (Å²) in [7, 11) is 0. The van der Waals surface area contributed by atoms with Gasteiger partial charge in [-0.1, -0.05) is 20.3 Å². The number of carbonyl (C=O) groups excluding carboxylic acids is 1. The Balaban J connectivity index is 2.63. The van der Waals surface area contributed by atoms with Gasteiger partial charge in [0.05, 0.1) is 0 Å². The minimum Gasteiger partial charge on any atom is -0.398 e. The SMILES string of the molecule is CCC(C)CNC(=O)c1ccc(Br)c(N)c1. The van der Waals surface area contributed by atoms with Gasteiger partial charge in [0, 0.05) is 22.3 Å². The Morgan fingerprint density at radius 2 is 2.25 bits per heavy atom. The number of anilines is 1. The van der Waals surface area contributed by atoms with Crippen LogP contribution in [0.4, 0.5) is 5.69 Å². The monoisotopic (exact) mass is 284 g/mol. The van der Waals surface area contributed by atoms with Crippen LogP contribution in [0.2, 0.25) is 0 Å². The minimum absolute atomic E-state index is 0.0699. The van der Waals surface area contributed by atoms with Gasteiger partial charge in [-0.2, -0.15) is 0 Å². The van der Waals surface area contributed by atoms with Gasteiger partial charge < -0.3 is 11.1 Å². The molecule has 0 bridgehead atoms. The van der Waals surface area contributed by atoms with Crippen LogP contribution in [0.25, 0.3) is 0 Å². The van der Waals surface area contributed by atoms with E-state index in [2.05, 4.69) is 35.1 Å². The minimum atomic E-state index is -0.0699. The molecule has 88 valence electrons. The van der Waals surface area contributed by atoms with Crippen molar-refractivity contribution in [3.05, 3.63) is 28.2 Å². The van der Waals surface area contributed by atoms with E-state index in [0.29, 0.717) is 23.7 Å². The Hall–Kier alpha value is -1.03. The molecule has 1 aromatic carbocycles. The molecule has 0 aliphatic heterocycles. The van der Waals surface area contributed by atoms with Crippen molar-refractivity contribution in [2.45, 2.75) is 20.3 Å². The maximum absolute atomic E-state index is 11.7. The lowest BCUT2D eigenvalue weighted by Gasteiger charge is -2.10. The van der Waals surface area contributed by atoms with E-state index in [0.717, 1.165) is 10.9 Å². The molecule has 1 unspecified atom stereocenters. The van der Waals surface area contributed by atoms with Crippen LogP contribution in [-0.2, 0) is 0 Å². The summed E-state index contributed by atoms with van der Waals surface area (Å²) in [4.78, 5) is 11.7. The lowest BCUT2D eigenvalue weighted by atomic mass is 10.1. The maximum Gasteiger partial charge on any atom is 0.251 e. The number of amides is 1. The highest BCUT2D eigenvalue weighted by Gasteiger charge is 2.08. The Bertz CT molecular complexity index is 379. The first kappa shape index (κ1) is 13.0. The van der Waals surface area contributed by atoms with Crippen LogP contribution >= 0.6 is 15.9 Å². The van der Waals surface area contributed by atoms with Crippen molar-refractivity contribution in [3.63, 3.8) is 0 Å². The number of nitrogens with two attached hydrogens (primary N) is 1. The molecule has 1 atom stereocenters. The highest BCUT2D eigenvalue weighted by molar-refractivity contribution is 9.10. The number of carbonyl (C=O) groups is 1. The van der Waals surface area contributed by atoms with Gasteiger partial charge >= 0.3 is 0 Å². The molecule has 0 aliphatic rings. The Labute approximate surface area is 105 Å². The molecule has 16 heavy (non-hydrogen) atoms. The third kappa shape index (κ3) is 3.52. The Morgan fingerprint density at radius 3 is 2.81 bits per heavy atom. The number of hydrogen-bond acceptors (Lipinski definition) is 2. The third-order valence-electron chi connectivity index (χ3n) is 2.57. The summed E-state index contributed by atoms with van der Waals surface area (Å²) in [6, 6.07) is 5.22. The van der Waals surface area contributed by atoms with E-state index in [1.807, 2.05) is 0 Å². The summed E-state index contributed by atoms with van der Waals surface area (Å²) in [5.74, 6) is 0.427. The molecule has 0 saturated carbocycles. The first-order valence-corrected chi connectivity index (χ1v) is 6.17. The molecule has 4 heteroatoms. The zero-order chi connectivity index (χ0) is 12.1. The summed E-state index contributed by atoms with van der Waals surface area (Å²) in [6.45, 7) is 4.91. The van der Waals surface area contributed by atoms with Gasteiger partial charge in [-0.15, -0.1) is 0 Å². The van der Waals surface area contributed by atoms with E-state index in [9.17, 15) is 4.79 Å². The molecule has 1 amide bonds. The van der Waals surface area contributed by atoms with Gasteiger partial charge in [0.25, 0.3) is 5.91 Å². The molecule has 0 aliphatic carbocycles. The van der Waals surface area contributed by atoms with E-state index in [1.54, 1.807) is 18.2 Å². The van der Waals surface area contributed by atoms with E-state index in [1.165, 1.54) is 0 Å². The Kier molecular flexibility index (Phi) is 4.80. The van der Waals surface area contributed by atoms with Crippen molar-refractivity contribution in [1.29, 1.82) is 0 Å².